The highest BCUT2D eigenvalue weighted by Gasteiger charge is 2.08. The number of anilines is 2. The molecule has 0 aliphatic heterocycles. The number of carbonyl (C=O) groups is 1. The normalized spacial score (nSPS) is 10.1. The lowest BCUT2D eigenvalue weighted by atomic mass is 10.4. The zero-order chi connectivity index (χ0) is 14.1. The van der Waals surface area contributed by atoms with E-state index in [2.05, 4.69) is 20.6 Å². The first kappa shape index (κ1) is 15.2. The fourth-order valence-corrected chi connectivity index (χ4v) is 1.45. The van der Waals surface area contributed by atoms with Crippen LogP contribution in [0.5, 0.6) is 0 Å². The van der Waals surface area contributed by atoms with Crippen LogP contribution < -0.4 is 15.5 Å². The molecular weight excluding hydrogens is 246 g/mol. The van der Waals surface area contributed by atoms with Crippen LogP contribution in [0.2, 0.25) is 0 Å². The van der Waals surface area contributed by atoms with Crippen molar-refractivity contribution in [1.29, 1.82) is 0 Å². The summed E-state index contributed by atoms with van der Waals surface area (Å²) in [5, 5.41) is 5.79. The first-order chi connectivity index (χ1) is 9.17. The summed E-state index contributed by atoms with van der Waals surface area (Å²) in [4.78, 5) is 21.8. The molecule has 0 radical (unpaired) electrons. The fraction of sp³-hybridized carbons (Fsp3) is 0.583. The summed E-state index contributed by atoms with van der Waals surface area (Å²) in [5.41, 5.74) is 0. The minimum absolute atomic E-state index is 0.0665. The molecule has 106 valence electrons. The molecule has 0 atom stereocenters. The lowest BCUT2D eigenvalue weighted by Crippen LogP contribution is -2.37. The molecule has 2 N–H and O–H groups in total. The number of aromatic nitrogens is 2. The van der Waals surface area contributed by atoms with Crippen LogP contribution >= 0.6 is 0 Å². The largest absolute Gasteiger partial charge is 0.383 e. The van der Waals surface area contributed by atoms with Crippen molar-refractivity contribution in [2.75, 3.05) is 50.6 Å². The van der Waals surface area contributed by atoms with Crippen LogP contribution in [0.3, 0.4) is 0 Å². The highest BCUT2D eigenvalue weighted by Crippen LogP contribution is 2.09. The maximum absolute atomic E-state index is 11.6. The summed E-state index contributed by atoms with van der Waals surface area (Å²) in [6.07, 6.45) is 1.67. The van der Waals surface area contributed by atoms with Gasteiger partial charge in [0, 0.05) is 33.4 Å². The summed E-state index contributed by atoms with van der Waals surface area (Å²) in [6.45, 7) is 3.99. The number of methoxy groups -OCH3 is 1. The van der Waals surface area contributed by atoms with Gasteiger partial charge in [-0.15, -0.1) is 0 Å². The first-order valence-corrected chi connectivity index (χ1v) is 6.21. The van der Waals surface area contributed by atoms with Crippen molar-refractivity contribution < 1.29 is 9.53 Å². The number of carbonyl (C=O) groups excluding carboxylic acids is 1. The van der Waals surface area contributed by atoms with Crippen molar-refractivity contribution in [2.24, 2.45) is 0 Å². The van der Waals surface area contributed by atoms with Crippen molar-refractivity contribution in [3.63, 3.8) is 0 Å². The number of hydrogen-bond acceptors (Lipinski definition) is 6. The van der Waals surface area contributed by atoms with E-state index in [9.17, 15) is 4.79 Å². The van der Waals surface area contributed by atoms with Gasteiger partial charge in [0.05, 0.1) is 13.2 Å². The zero-order valence-electron chi connectivity index (χ0n) is 11.6. The number of nitrogens with one attached hydrogen (secondary N) is 2. The second-order valence-corrected chi connectivity index (χ2v) is 3.97. The second-order valence-electron chi connectivity index (χ2n) is 3.97. The number of rotatable bonds is 8. The van der Waals surface area contributed by atoms with Crippen LogP contribution in [0, 0.1) is 0 Å². The zero-order valence-corrected chi connectivity index (χ0v) is 11.6. The van der Waals surface area contributed by atoms with Crippen LogP contribution in [0.4, 0.5) is 11.8 Å². The van der Waals surface area contributed by atoms with Gasteiger partial charge < -0.3 is 20.3 Å². The van der Waals surface area contributed by atoms with Crippen molar-refractivity contribution >= 4 is 17.7 Å². The Hall–Kier alpha value is -1.89. The predicted octanol–water partition coefficient (Wildman–Crippen LogP) is 0.107. The molecule has 1 aromatic heterocycles. The molecule has 0 fully saturated rings. The number of hydrogen-bond donors (Lipinski definition) is 2. The second kappa shape index (κ2) is 8.25. The van der Waals surface area contributed by atoms with Gasteiger partial charge in [0.25, 0.3) is 0 Å². The number of amides is 1. The fourth-order valence-electron chi connectivity index (χ4n) is 1.45. The Labute approximate surface area is 113 Å². The van der Waals surface area contributed by atoms with E-state index < -0.39 is 0 Å². The molecule has 1 heterocycles. The number of nitrogens with zero attached hydrogens (tertiary/aromatic N) is 3. The molecule has 1 rings (SSSR count). The van der Waals surface area contributed by atoms with Gasteiger partial charge in [0.1, 0.15) is 5.82 Å². The monoisotopic (exact) mass is 267 g/mol. The molecule has 0 spiro atoms. The molecule has 7 heteroatoms. The molecule has 0 aliphatic carbocycles. The topological polar surface area (TPSA) is 79.4 Å². The third-order valence-corrected chi connectivity index (χ3v) is 2.38. The Kier molecular flexibility index (Phi) is 6.59. The van der Waals surface area contributed by atoms with Gasteiger partial charge in [0.2, 0.25) is 11.9 Å². The Morgan fingerprint density at radius 1 is 1.53 bits per heavy atom. The van der Waals surface area contributed by atoms with Gasteiger partial charge in [-0.3, -0.25) is 4.79 Å². The third-order valence-electron chi connectivity index (χ3n) is 2.38. The molecule has 1 aromatic rings. The molecule has 0 bridgehead atoms. The Bertz CT molecular complexity index is 399. The Morgan fingerprint density at radius 3 is 3.00 bits per heavy atom. The average Bonchev–Trinajstić information content (AvgIpc) is 2.39. The lowest BCUT2D eigenvalue weighted by Gasteiger charge is -2.18. The number of likely N-dealkylation sites (N-methyl/N-ethyl adjacent to an activating group) is 1. The van der Waals surface area contributed by atoms with Gasteiger partial charge in [-0.05, 0) is 13.0 Å². The standard InChI is InChI=1S/C12H21N5O2/c1-4-13-12-15-6-5-10(16-12)17(2)9-11(18)14-7-8-19-3/h5-6H,4,7-9H2,1-3H3,(H,14,18)(H,13,15,16). The maximum Gasteiger partial charge on any atom is 0.239 e. The summed E-state index contributed by atoms with van der Waals surface area (Å²) < 4.78 is 4.87. The molecule has 1 amide bonds. The molecule has 0 saturated carbocycles. The van der Waals surface area contributed by atoms with E-state index in [4.69, 9.17) is 4.74 Å². The van der Waals surface area contributed by atoms with Crippen molar-refractivity contribution in [2.45, 2.75) is 6.92 Å². The minimum Gasteiger partial charge on any atom is -0.383 e. The van der Waals surface area contributed by atoms with E-state index in [0.717, 1.165) is 6.54 Å². The van der Waals surface area contributed by atoms with E-state index >= 15 is 0 Å². The van der Waals surface area contributed by atoms with E-state index in [-0.39, 0.29) is 12.5 Å². The Morgan fingerprint density at radius 2 is 2.32 bits per heavy atom. The summed E-state index contributed by atoms with van der Waals surface area (Å²) >= 11 is 0. The average molecular weight is 267 g/mol. The molecule has 19 heavy (non-hydrogen) atoms. The summed E-state index contributed by atoms with van der Waals surface area (Å²) in [7, 11) is 3.41. The number of ether oxygens (including phenoxy) is 1. The molecular formula is C12H21N5O2. The molecule has 0 unspecified atom stereocenters. The van der Waals surface area contributed by atoms with E-state index in [1.54, 1.807) is 24.3 Å². The van der Waals surface area contributed by atoms with Crippen LogP contribution in [-0.2, 0) is 9.53 Å². The van der Waals surface area contributed by atoms with Crippen molar-refractivity contribution in [3.8, 4) is 0 Å². The van der Waals surface area contributed by atoms with Gasteiger partial charge in [-0.25, -0.2) is 4.98 Å². The molecule has 0 saturated heterocycles. The van der Waals surface area contributed by atoms with Crippen LogP contribution in [0.25, 0.3) is 0 Å². The predicted molar refractivity (Wildman–Crippen MR) is 74.4 cm³/mol. The summed E-state index contributed by atoms with van der Waals surface area (Å²) in [5.74, 6) is 1.20. The lowest BCUT2D eigenvalue weighted by molar-refractivity contribution is -0.119. The van der Waals surface area contributed by atoms with Crippen LogP contribution in [0.15, 0.2) is 12.3 Å². The minimum atomic E-state index is -0.0665. The van der Waals surface area contributed by atoms with Crippen LogP contribution in [0.1, 0.15) is 6.92 Å². The maximum atomic E-state index is 11.6. The third kappa shape index (κ3) is 5.52. The smallest absolute Gasteiger partial charge is 0.239 e. The SMILES string of the molecule is CCNc1nccc(N(C)CC(=O)NCCOC)n1. The van der Waals surface area contributed by atoms with E-state index in [0.29, 0.717) is 24.9 Å². The Balaban J connectivity index is 2.50. The first-order valence-electron chi connectivity index (χ1n) is 6.21. The van der Waals surface area contributed by atoms with Crippen molar-refractivity contribution in [1.82, 2.24) is 15.3 Å². The van der Waals surface area contributed by atoms with Gasteiger partial charge in [-0.1, -0.05) is 0 Å². The quantitative estimate of drug-likeness (QED) is 0.651. The summed E-state index contributed by atoms with van der Waals surface area (Å²) in [6, 6.07) is 1.77. The van der Waals surface area contributed by atoms with Gasteiger partial charge >= 0.3 is 0 Å². The van der Waals surface area contributed by atoms with Crippen molar-refractivity contribution in [3.05, 3.63) is 12.3 Å². The van der Waals surface area contributed by atoms with E-state index in [1.165, 1.54) is 0 Å². The van der Waals surface area contributed by atoms with Crippen LogP contribution in [-0.4, -0.2) is 56.3 Å². The molecule has 0 aliphatic rings. The molecule has 0 aromatic carbocycles. The van der Waals surface area contributed by atoms with Gasteiger partial charge in [-0.2, -0.15) is 4.98 Å². The van der Waals surface area contributed by atoms with Gasteiger partial charge in [0.15, 0.2) is 0 Å². The van der Waals surface area contributed by atoms with E-state index in [1.807, 2.05) is 14.0 Å². The molecule has 7 nitrogen and oxygen atoms in total. The highest BCUT2D eigenvalue weighted by molar-refractivity contribution is 5.80. The highest BCUT2D eigenvalue weighted by atomic mass is 16.5.